The molecule has 0 radical (unpaired) electrons. The molecule has 3 aromatic rings. The molecule has 0 unspecified atom stereocenters. The van der Waals surface area contributed by atoms with Crippen molar-refractivity contribution in [1.29, 1.82) is 0 Å². The van der Waals surface area contributed by atoms with Crippen molar-refractivity contribution in [1.82, 2.24) is 14.8 Å². The number of nitro groups is 1. The molecule has 31 heavy (non-hydrogen) atoms. The number of amides is 1. The van der Waals surface area contributed by atoms with Gasteiger partial charge in [0.05, 0.1) is 26.3 Å². The first-order valence-corrected chi connectivity index (χ1v) is 9.22. The maximum atomic E-state index is 13.0. The molecule has 0 atom stereocenters. The molecule has 0 fully saturated rings. The summed E-state index contributed by atoms with van der Waals surface area (Å²) in [5.41, 5.74) is 0.397. The van der Waals surface area contributed by atoms with Gasteiger partial charge < -0.3 is 24.1 Å². The number of methoxy groups -OCH3 is 3. The molecular weight excluding hydrogens is 406 g/mol. The second-order valence-electron chi connectivity index (χ2n) is 6.27. The Bertz CT molecular complexity index is 1130. The summed E-state index contributed by atoms with van der Waals surface area (Å²) in [6.07, 6.45) is 1.61. The third-order valence-electron chi connectivity index (χ3n) is 4.57. The number of hydrogen-bond donors (Lipinski definition) is 1. The summed E-state index contributed by atoms with van der Waals surface area (Å²) >= 11 is 0. The Morgan fingerprint density at radius 2 is 1.90 bits per heavy atom. The highest BCUT2D eigenvalue weighted by atomic mass is 16.6. The molecule has 0 bridgehead atoms. The number of benzene rings is 2. The molecule has 0 aliphatic carbocycles. The minimum absolute atomic E-state index is 0.0224. The number of carbonyl (C=O) groups excluding carboxylic acids is 1. The van der Waals surface area contributed by atoms with E-state index in [4.69, 9.17) is 14.2 Å². The van der Waals surface area contributed by atoms with Gasteiger partial charge in [-0.15, -0.1) is 10.2 Å². The Hall–Kier alpha value is -4.15. The molecule has 2 aromatic carbocycles. The van der Waals surface area contributed by atoms with Gasteiger partial charge in [-0.1, -0.05) is 12.1 Å². The predicted molar refractivity (Wildman–Crippen MR) is 112 cm³/mol. The lowest BCUT2D eigenvalue weighted by molar-refractivity contribution is -0.386. The normalized spacial score (nSPS) is 10.5. The van der Waals surface area contributed by atoms with Gasteiger partial charge in [0.25, 0.3) is 5.91 Å². The van der Waals surface area contributed by atoms with Crippen molar-refractivity contribution in [3.05, 3.63) is 52.3 Å². The van der Waals surface area contributed by atoms with E-state index < -0.39 is 16.5 Å². The van der Waals surface area contributed by atoms with Crippen LogP contribution in [0.5, 0.6) is 17.2 Å². The summed E-state index contributed by atoms with van der Waals surface area (Å²) in [5.74, 6) is -0.131. The fraction of sp³-hybridized carbons (Fsp3) is 0.250. The van der Waals surface area contributed by atoms with Gasteiger partial charge in [-0.25, -0.2) is 0 Å². The van der Waals surface area contributed by atoms with Crippen LogP contribution in [-0.2, 0) is 6.54 Å². The first kappa shape index (κ1) is 21.6. The molecule has 1 heterocycles. The number of anilines is 1. The largest absolute Gasteiger partial charge is 0.493 e. The Kier molecular flexibility index (Phi) is 6.34. The standard InChI is InChI=1S/C20H21N5O6/c1-5-24-11-21-23-19(24)12-7-6-8-13(9-12)22-20(26)14-10-15(29-2)17(30-3)18(31-4)16(14)25(27)28/h6-11H,5H2,1-4H3,(H,22,26). The molecule has 1 amide bonds. The first-order chi connectivity index (χ1) is 14.9. The van der Waals surface area contributed by atoms with Crippen LogP contribution in [0, 0.1) is 10.1 Å². The van der Waals surface area contributed by atoms with Crippen molar-refractivity contribution in [3.8, 4) is 28.6 Å². The summed E-state index contributed by atoms with van der Waals surface area (Å²) in [4.78, 5) is 24.0. The highest BCUT2D eigenvalue weighted by Crippen LogP contribution is 2.46. The molecule has 0 saturated carbocycles. The number of hydrogen-bond acceptors (Lipinski definition) is 8. The molecular formula is C20H21N5O6. The van der Waals surface area contributed by atoms with Crippen LogP contribution in [0.2, 0.25) is 0 Å². The van der Waals surface area contributed by atoms with E-state index in [0.29, 0.717) is 18.1 Å². The lowest BCUT2D eigenvalue weighted by Crippen LogP contribution is -2.15. The zero-order valence-corrected chi connectivity index (χ0v) is 17.4. The second kappa shape index (κ2) is 9.11. The molecule has 162 valence electrons. The van der Waals surface area contributed by atoms with E-state index in [1.165, 1.54) is 27.4 Å². The van der Waals surface area contributed by atoms with E-state index >= 15 is 0 Å². The predicted octanol–water partition coefficient (Wildman–Crippen LogP) is 3.15. The van der Waals surface area contributed by atoms with E-state index in [1.54, 1.807) is 24.5 Å². The second-order valence-corrected chi connectivity index (χ2v) is 6.27. The maximum absolute atomic E-state index is 13.0. The van der Waals surface area contributed by atoms with Gasteiger partial charge in [0.15, 0.2) is 11.6 Å². The topological polar surface area (TPSA) is 131 Å². The summed E-state index contributed by atoms with van der Waals surface area (Å²) in [7, 11) is 3.93. The quantitative estimate of drug-likeness (QED) is 0.428. The van der Waals surface area contributed by atoms with Crippen molar-refractivity contribution in [3.63, 3.8) is 0 Å². The molecule has 0 saturated heterocycles. The van der Waals surface area contributed by atoms with E-state index in [2.05, 4.69) is 15.5 Å². The summed E-state index contributed by atoms with van der Waals surface area (Å²) in [6, 6.07) is 8.18. The van der Waals surface area contributed by atoms with Crippen molar-refractivity contribution in [2.75, 3.05) is 26.6 Å². The number of ether oxygens (including phenoxy) is 3. The molecule has 11 nitrogen and oxygen atoms in total. The Morgan fingerprint density at radius 1 is 1.16 bits per heavy atom. The lowest BCUT2D eigenvalue weighted by atomic mass is 10.1. The molecule has 0 aliphatic rings. The van der Waals surface area contributed by atoms with Gasteiger partial charge in [-0.05, 0) is 19.1 Å². The van der Waals surface area contributed by atoms with Gasteiger partial charge in [-0.3, -0.25) is 14.9 Å². The highest BCUT2D eigenvalue weighted by molar-refractivity contribution is 6.08. The van der Waals surface area contributed by atoms with Gasteiger partial charge in [0.2, 0.25) is 11.5 Å². The average Bonchev–Trinajstić information content (AvgIpc) is 3.26. The van der Waals surface area contributed by atoms with Crippen LogP contribution in [0.4, 0.5) is 11.4 Å². The van der Waals surface area contributed by atoms with Gasteiger partial charge in [0, 0.05) is 23.9 Å². The third-order valence-corrected chi connectivity index (χ3v) is 4.57. The van der Waals surface area contributed by atoms with Crippen LogP contribution in [0.25, 0.3) is 11.4 Å². The smallest absolute Gasteiger partial charge is 0.327 e. The molecule has 1 N–H and O–H groups in total. The van der Waals surface area contributed by atoms with Crippen LogP contribution < -0.4 is 19.5 Å². The van der Waals surface area contributed by atoms with Crippen LogP contribution in [0.15, 0.2) is 36.7 Å². The van der Waals surface area contributed by atoms with Crippen LogP contribution in [0.3, 0.4) is 0 Å². The number of carbonyl (C=O) groups is 1. The number of nitrogens with zero attached hydrogens (tertiary/aromatic N) is 4. The monoisotopic (exact) mass is 427 g/mol. The number of nitro benzene ring substituents is 1. The fourth-order valence-corrected chi connectivity index (χ4v) is 3.14. The third kappa shape index (κ3) is 4.10. The van der Waals surface area contributed by atoms with E-state index in [-0.39, 0.29) is 22.8 Å². The molecule has 11 heteroatoms. The van der Waals surface area contributed by atoms with Crippen LogP contribution >= 0.6 is 0 Å². The van der Waals surface area contributed by atoms with Gasteiger partial charge in [-0.2, -0.15) is 0 Å². The Morgan fingerprint density at radius 3 is 2.52 bits per heavy atom. The van der Waals surface area contributed by atoms with Crippen molar-refractivity contribution in [2.24, 2.45) is 0 Å². The lowest BCUT2D eigenvalue weighted by Gasteiger charge is -2.15. The van der Waals surface area contributed by atoms with Crippen LogP contribution in [0.1, 0.15) is 17.3 Å². The minimum Gasteiger partial charge on any atom is -0.493 e. The molecule has 3 rings (SSSR count). The van der Waals surface area contributed by atoms with Crippen molar-refractivity contribution in [2.45, 2.75) is 13.5 Å². The summed E-state index contributed by atoms with van der Waals surface area (Å²) in [5, 5.41) is 22.4. The minimum atomic E-state index is -0.708. The molecule has 0 aliphatic heterocycles. The number of aromatic nitrogens is 3. The van der Waals surface area contributed by atoms with E-state index in [9.17, 15) is 14.9 Å². The zero-order chi connectivity index (χ0) is 22.5. The SMILES string of the molecule is CCn1cnnc1-c1cccc(NC(=O)c2cc(OC)c(OC)c(OC)c2[N+](=O)[O-])c1. The summed E-state index contributed by atoms with van der Waals surface area (Å²) < 4.78 is 17.4. The Labute approximate surface area is 177 Å². The van der Waals surface area contributed by atoms with Gasteiger partial charge in [0.1, 0.15) is 11.9 Å². The number of rotatable bonds is 8. The number of aryl methyl sites for hydroxylation is 1. The molecule has 0 spiro atoms. The van der Waals surface area contributed by atoms with Crippen LogP contribution in [-0.4, -0.2) is 46.9 Å². The maximum Gasteiger partial charge on any atom is 0.327 e. The highest BCUT2D eigenvalue weighted by Gasteiger charge is 2.32. The van der Waals surface area contributed by atoms with E-state index in [0.717, 1.165) is 5.56 Å². The van der Waals surface area contributed by atoms with Crippen molar-refractivity contribution >= 4 is 17.3 Å². The zero-order valence-electron chi connectivity index (χ0n) is 17.4. The number of nitrogens with one attached hydrogen (secondary N) is 1. The fourth-order valence-electron chi connectivity index (χ4n) is 3.14. The van der Waals surface area contributed by atoms with Crippen molar-refractivity contribution < 1.29 is 23.9 Å². The summed E-state index contributed by atoms with van der Waals surface area (Å²) in [6.45, 7) is 2.64. The average molecular weight is 427 g/mol. The first-order valence-electron chi connectivity index (χ1n) is 9.22. The van der Waals surface area contributed by atoms with Gasteiger partial charge >= 0.3 is 5.69 Å². The Balaban J connectivity index is 2.03. The van der Waals surface area contributed by atoms with E-state index in [1.807, 2.05) is 17.6 Å². The molecule has 1 aromatic heterocycles.